The van der Waals surface area contributed by atoms with Gasteiger partial charge >= 0.3 is 12.1 Å². The summed E-state index contributed by atoms with van der Waals surface area (Å²) in [4.78, 5) is 24.2. The summed E-state index contributed by atoms with van der Waals surface area (Å²) < 4.78 is 49.2. The van der Waals surface area contributed by atoms with Crippen molar-refractivity contribution >= 4 is 11.9 Å². The molecule has 0 radical (unpaired) electrons. The number of rotatable bonds is 10. The van der Waals surface area contributed by atoms with Crippen molar-refractivity contribution in [3.63, 3.8) is 0 Å². The van der Waals surface area contributed by atoms with Crippen LogP contribution in [0.15, 0.2) is 48.5 Å². The molecular formula is C25H29F3N2O5. The van der Waals surface area contributed by atoms with Gasteiger partial charge in [0.05, 0.1) is 30.9 Å². The van der Waals surface area contributed by atoms with Crippen LogP contribution >= 0.6 is 0 Å². The number of esters is 1. The normalized spacial score (nSPS) is 15.7. The summed E-state index contributed by atoms with van der Waals surface area (Å²) in [6.45, 7) is 1.48. The molecule has 0 aromatic heterocycles. The maximum Gasteiger partial charge on any atom is 0.416 e. The third-order valence-corrected chi connectivity index (χ3v) is 5.71. The van der Waals surface area contributed by atoms with Crippen LogP contribution in [-0.4, -0.2) is 66.5 Å². The maximum atomic E-state index is 12.9. The quantitative estimate of drug-likeness (QED) is 0.508. The van der Waals surface area contributed by atoms with Crippen LogP contribution in [-0.2, 0) is 22.1 Å². The minimum Gasteiger partial charge on any atom is -0.492 e. The SMILES string of the molecule is COC(=O)c1cccc(OCCN2C(=O)CCCN2CCC(O)Cc2cccc(C(F)(F)F)c2)c1. The molecule has 1 amide bonds. The van der Waals surface area contributed by atoms with Gasteiger partial charge in [-0.15, -0.1) is 0 Å². The number of aliphatic hydroxyl groups excluding tert-OH is 1. The van der Waals surface area contributed by atoms with Gasteiger partial charge in [0, 0.05) is 19.5 Å². The van der Waals surface area contributed by atoms with Crippen LogP contribution in [0.2, 0.25) is 0 Å². The lowest BCUT2D eigenvalue weighted by Gasteiger charge is -2.38. The number of hydrogen-bond donors (Lipinski definition) is 1. The lowest BCUT2D eigenvalue weighted by molar-refractivity contribution is -0.157. The summed E-state index contributed by atoms with van der Waals surface area (Å²) in [5.74, 6) is -0.0625. The minimum absolute atomic E-state index is 0.0597. The van der Waals surface area contributed by atoms with E-state index in [1.807, 2.05) is 5.01 Å². The number of halogens is 3. The number of alkyl halides is 3. The van der Waals surface area contributed by atoms with E-state index in [1.165, 1.54) is 13.2 Å². The zero-order valence-electron chi connectivity index (χ0n) is 19.5. The summed E-state index contributed by atoms with van der Waals surface area (Å²) in [6, 6.07) is 11.5. The first kappa shape index (κ1) is 26.5. The first-order valence-electron chi connectivity index (χ1n) is 11.4. The molecule has 2 aromatic carbocycles. The van der Waals surface area contributed by atoms with Crippen molar-refractivity contribution in [3.05, 3.63) is 65.2 Å². The summed E-state index contributed by atoms with van der Waals surface area (Å²) in [5.41, 5.74) is 0.0176. The van der Waals surface area contributed by atoms with E-state index < -0.39 is 23.8 Å². The minimum atomic E-state index is -4.43. The average molecular weight is 495 g/mol. The van der Waals surface area contributed by atoms with Crippen LogP contribution in [0.1, 0.15) is 40.7 Å². The highest BCUT2D eigenvalue weighted by molar-refractivity contribution is 5.89. The molecule has 3 rings (SSSR count). The van der Waals surface area contributed by atoms with Crippen molar-refractivity contribution in [2.24, 2.45) is 0 Å². The first-order valence-corrected chi connectivity index (χ1v) is 11.4. The Bertz CT molecular complexity index is 1010. The second-order valence-corrected chi connectivity index (χ2v) is 8.29. The number of nitrogens with zero attached hydrogens (tertiary/aromatic N) is 2. The van der Waals surface area contributed by atoms with E-state index in [0.717, 1.165) is 12.1 Å². The van der Waals surface area contributed by atoms with Gasteiger partial charge in [-0.2, -0.15) is 13.2 Å². The van der Waals surface area contributed by atoms with Gasteiger partial charge in [0.15, 0.2) is 0 Å². The number of benzene rings is 2. The van der Waals surface area contributed by atoms with E-state index in [-0.39, 0.29) is 25.5 Å². The van der Waals surface area contributed by atoms with Crippen LogP contribution < -0.4 is 4.74 Å². The Labute approximate surface area is 202 Å². The molecule has 35 heavy (non-hydrogen) atoms. The van der Waals surface area contributed by atoms with Gasteiger partial charge in [-0.05, 0) is 49.1 Å². The molecule has 2 aromatic rings. The highest BCUT2D eigenvalue weighted by Gasteiger charge is 2.30. The monoisotopic (exact) mass is 494 g/mol. The van der Waals surface area contributed by atoms with Crippen LogP contribution in [0.3, 0.4) is 0 Å². The molecule has 1 aliphatic heterocycles. The maximum absolute atomic E-state index is 12.9. The molecule has 10 heteroatoms. The fourth-order valence-electron chi connectivity index (χ4n) is 3.95. The molecule has 190 valence electrons. The van der Waals surface area contributed by atoms with E-state index >= 15 is 0 Å². The molecule has 0 aliphatic carbocycles. The fraction of sp³-hybridized carbons (Fsp3) is 0.440. The van der Waals surface area contributed by atoms with Gasteiger partial charge in [-0.1, -0.05) is 24.3 Å². The predicted molar refractivity (Wildman–Crippen MR) is 122 cm³/mol. The molecule has 1 fully saturated rings. The topological polar surface area (TPSA) is 79.3 Å². The fourth-order valence-corrected chi connectivity index (χ4v) is 3.95. The van der Waals surface area contributed by atoms with Crippen LogP contribution in [0, 0.1) is 0 Å². The molecule has 0 spiro atoms. The third kappa shape index (κ3) is 7.69. The van der Waals surface area contributed by atoms with Gasteiger partial charge in [-0.3, -0.25) is 9.80 Å². The molecule has 0 saturated carbocycles. The largest absolute Gasteiger partial charge is 0.492 e. The summed E-state index contributed by atoms with van der Waals surface area (Å²) in [6.07, 6.45) is -3.82. The Balaban J connectivity index is 1.52. The summed E-state index contributed by atoms with van der Waals surface area (Å²) in [7, 11) is 1.29. The predicted octanol–water partition coefficient (Wildman–Crippen LogP) is 3.70. The van der Waals surface area contributed by atoms with Gasteiger partial charge in [0.2, 0.25) is 5.91 Å². The van der Waals surface area contributed by atoms with Crippen LogP contribution in [0.4, 0.5) is 13.2 Å². The highest BCUT2D eigenvalue weighted by Crippen LogP contribution is 2.30. The molecule has 1 N–H and O–H groups in total. The number of ether oxygens (including phenoxy) is 2. The number of aliphatic hydroxyl groups is 1. The molecular weight excluding hydrogens is 465 g/mol. The number of carbonyl (C=O) groups is 2. The average Bonchev–Trinajstić information content (AvgIpc) is 2.83. The van der Waals surface area contributed by atoms with Gasteiger partial charge in [-0.25, -0.2) is 9.80 Å². The van der Waals surface area contributed by atoms with E-state index in [2.05, 4.69) is 0 Å². The second-order valence-electron chi connectivity index (χ2n) is 8.29. The summed E-state index contributed by atoms with van der Waals surface area (Å²) in [5, 5.41) is 13.9. The van der Waals surface area contributed by atoms with Gasteiger partial charge in [0.25, 0.3) is 0 Å². The number of amides is 1. The Morgan fingerprint density at radius 2 is 1.91 bits per heavy atom. The Kier molecular flexibility index (Phi) is 9.11. The summed E-state index contributed by atoms with van der Waals surface area (Å²) >= 11 is 0. The number of carbonyl (C=O) groups excluding carboxylic acids is 2. The molecule has 1 aliphatic rings. The highest BCUT2D eigenvalue weighted by atomic mass is 19.4. The van der Waals surface area contributed by atoms with Crippen molar-refractivity contribution < 1.29 is 37.3 Å². The van der Waals surface area contributed by atoms with Crippen molar-refractivity contribution in [1.29, 1.82) is 0 Å². The third-order valence-electron chi connectivity index (χ3n) is 5.71. The second kappa shape index (κ2) is 12.0. The van der Waals surface area contributed by atoms with Crippen molar-refractivity contribution in [2.75, 3.05) is 33.4 Å². The molecule has 0 bridgehead atoms. The number of hydrogen-bond acceptors (Lipinski definition) is 6. The first-order chi connectivity index (χ1) is 16.7. The molecule has 1 saturated heterocycles. The van der Waals surface area contributed by atoms with Crippen molar-refractivity contribution in [3.8, 4) is 5.75 Å². The number of methoxy groups -OCH3 is 1. The number of hydrazine groups is 1. The lowest BCUT2D eigenvalue weighted by atomic mass is 10.0. The van der Waals surface area contributed by atoms with Crippen LogP contribution in [0.5, 0.6) is 5.75 Å². The van der Waals surface area contributed by atoms with Crippen molar-refractivity contribution in [2.45, 2.75) is 38.0 Å². The Morgan fingerprint density at radius 1 is 1.14 bits per heavy atom. The molecule has 7 nitrogen and oxygen atoms in total. The zero-order valence-corrected chi connectivity index (χ0v) is 19.5. The van der Waals surface area contributed by atoms with E-state index in [4.69, 9.17) is 9.47 Å². The molecule has 1 atom stereocenters. The van der Waals surface area contributed by atoms with E-state index in [1.54, 1.807) is 35.3 Å². The molecule has 1 unspecified atom stereocenters. The van der Waals surface area contributed by atoms with E-state index in [0.29, 0.717) is 49.2 Å². The molecule has 1 heterocycles. The smallest absolute Gasteiger partial charge is 0.416 e. The zero-order chi connectivity index (χ0) is 25.4. The lowest BCUT2D eigenvalue weighted by Crippen LogP contribution is -2.52. The standard InChI is InChI=1S/C25H29F3N2O5/c1-34-24(33)19-6-3-8-22(17-19)35-14-13-30-23(32)9-4-11-29(30)12-10-21(31)16-18-5-2-7-20(15-18)25(26,27)28/h2-3,5-8,15,17,21,31H,4,9-14,16H2,1H3. The Morgan fingerprint density at radius 3 is 2.66 bits per heavy atom. The van der Waals surface area contributed by atoms with Crippen molar-refractivity contribution in [1.82, 2.24) is 10.0 Å². The van der Waals surface area contributed by atoms with Gasteiger partial charge < -0.3 is 14.6 Å². The van der Waals surface area contributed by atoms with Gasteiger partial charge in [0.1, 0.15) is 12.4 Å². The Hall–Kier alpha value is -3.11. The van der Waals surface area contributed by atoms with Crippen LogP contribution in [0.25, 0.3) is 0 Å². The van der Waals surface area contributed by atoms with E-state index in [9.17, 15) is 27.9 Å².